The largest absolute Gasteiger partial charge is 0.333 e. The van der Waals surface area contributed by atoms with Crippen LogP contribution < -0.4 is 10.6 Å². The van der Waals surface area contributed by atoms with Gasteiger partial charge in [0, 0.05) is 30.6 Å². The molecule has 6 rings (SSSR count). The van der Waals surface area contributed by atoms with E-state index in [4.69, 9.17) is 5.10 Å². The lowest BCUT2D eigenvalue weighted by Crippen LogP contribution is -2.46. The van der Waals surface area contributed by atoms with Gasteiger partial charge in [0.05, 0.1) is 17.4 Å². The Balaban J connectivity index is 1.25. The lowest BCUT2D eigenvalue weighted by atomic mass is 9.92. The van der Waals surface area contributed by atoms with Gasteiger partial charge < -0.3 is 5.32 Å². The summed E-state index contributed by atoms with van der Waals surface area (Å²) in [4.78, 5) is 16.0. The number of aromatic nitrogens is 2. The number of carbonyl (C=O) groups is 1. The van der Waals surface area contributed by atoms with Crippen LogP contribution in [0.25, 0.3) is 5.69 Å². The topological polar surface area (TPSA) is 62.2 Å². The molecular formula is C31H33N5O. The molecule has 6 heteroatoms. The molecule has 3 unspecified atom stereocenters. The summed E-state index contributed by atoms with van der Waals surface area (Å²) >= 11 is 0. The Labute approximate surface area is 218 Å². The standard InChI is InChI=1S/C31H33N5O/c1-22-29(27(24-14-7-3-8-15-24)21-35(22)20-23-12-5-2-6-13-23)32-31(37)33-30-26-18-11-19-28(26)34-36(30)25-16-9-4-10-17-25/h2-10,12-17,22,27,29H,11,18-21H2,1H3,(H2,32,33,37). The molecule has 3 atom stereocenters. The smallest absolute Gasteiger partial charge is 0.320 e. The monoisotopic (exact) mass is 491 g/mol. The number of rotatable bonds is 6. The van der Waals surface area contributed by atoms with Gasteiger partial charge in [-0.1, -0.05) is 78.9 Å². The van der Waals surface area contributed by atoms with E-state index in [9.17, 15) is 4.79 Å². The maximum Gasteiger partial charge on any atom is 0.320 e. The first-order valence-corrected chi connectivity index (χ1v) is 13.2. The van der Waals surface area contributed by atoms with Gasteiger partial charge in [-0.2, -0.15) is 5.10 Å². The van der Waals surface area contributed by atoms with Crippen molar-refractivity contribution in [1.29, 1.82) is 0 Å². The minimum absolute atomic E-state index is 0.0211. The van der Waals surface area contributed by atoms with Crippen molar-refractivity contribution in [2.24, 2.45) is 0 Å². The quantitative estimate of drug-likeness (QED) is 0.372. The van der Waals surface area contributed by atoms with Gasteiger partial charge in [-0.15, -0.1) is 0 Å². The van der Waals surface area contributed by atoms with Crippen molar-refractivity contribution < 1.29 is 4.79 Å². The first kappa shape index (κ1) is 23.5. The van der Waals surface area contributed by atoms with E-state index in [0.29, 0.717) is 0 Å². The summed E-state index contributed by atoms with van der Waals surface area (Å²) < 4.78 is 1.89. The third kappa shape index (κ3) is 4.77. The highest BCUT2D eigenvalue weighted by molar-refractivity contribution is 5.90. The van der Waals surface area contributed by atoms with Gasteiger partial charge in [0.15, 0.2) is 0 Å². The van der Waals surface area contributed by atoms with Gasteiger partial charge in [-0.3, -0.25) is 10.2 Å². The lowest BCUT2D eigenvalue weighted by Gasteiger charge is -2.26. The molecule has 0 bridgehead atoms. The van der Waals surface area contributed by atoms with Gasteiger partial charge in [0.1, 0.15) is 5.82 Å². The Kier molecular flexibility index (Phi) is 6.49. The fourth-order valence-electron chi connectivity index (χ4n) is 5.93. The van der Waals surface area contributed by atoms with E-state index < -0.39 is 0 Å². The molecular weight excluding hydrogens is 458 g/mol. The number of hydrogen-bond acceptors (Lipinski definition) is 3. The molecule has 37 heavy (non-hydrogen) atoms. The van der Waals surface area contributed by atoms with Gasteiger partial charge >= 0.3 is 6.03 Å². The van der Waals surface area contributed by atoms with E-state index in [0.717, 1.165) is 55.1 Å². The first-order valence-electron chi connectivity index (χ1n) is 13.2. The van der Waals surface area contributed by atoms with E-state index in [1.807, 2.05) is 41.1 Å². The summed E-state index contributed by atoms with van der Waals surface area (Å²) in [6, 6.07) is 31.1. The number of likely N-dealkylation sites (tertiary alicyclic amines) is 1. The van der Waals surface area contributed by atoms with Gasteiger partial charge in [0.25, 0.3) is 0 Å². The Bertz CT molecular complexity index is 1350. The average molecular weight is 492 g/mol. The molecule has 1 aliphatic heterocycles. The molecule has 2 heterocycles. The third-order valence-electron chi connectivity index (χ3n) is 7.85. The minimum atomic E-state index is -0.175. The second-order valence-corrected chi connectivity index (χ2v) is 10.2. The lowest BCUT2D eigenvalue weighted by molar-refractivity contribution is 0.229. The number of hydrogen-bond donors (Lipinski definition) is 2. The zero-order valence-electron chi connectivity index (χ0n) is 21.2. The number of nitrogens with zero attached hydrogens (tertiary/aromatic N) is 3. The van der Waals surface area contributed by atoms with Crippen molar-refractivity contribution >= 4 is 11.8 Å². The molecule has 2 amide bonds. The number of fused-ring (bicyclic) bond motifs is 1. The molecule has 4 aromatic rings. The van der Waals surface area contributed by atoms with Crippen LogP contribution in [-0.2, 0) is 19.4 Å². The molecule has 0 spiro atoms. The molecule has 6 nitrogen and oxygen atoms in total. The maximum absolute atomic E-state index is 13.6. The van der Waals surface area contributed by atoms with E-state index in [-0.39, 0.29) is 24.0 Å². The summed E-state index contributed by atoms with van der Waals surface area (Å²) in [6.07, 6.45) is 2.97. The Morgan fingerprint density at radius 1 is 0.919 bits per heavy atom. The summed E-state index contributed by atoms with van der Waals surface area (Å²) in [7, 11) is 0. The van der Waals surface area contributed by atoms with Gasteiger partial charge in [-0.25, -0.2) is 9.48 Å². The van der Waals surface area contributed by atoms with Crippen LogP contribution in [0.4, 0.5) is 10.6 Å². The van der Waals surface area contributed by atoms with Crippen molar-refractivity contribution in [3.05, 3.63) is 113 Å². The average Bonchev–Trinajstić information content (AvgIpc) is 3.61. The number of benzene rings is 3. The van der Waals surface area contributed by atoms with Crippen molar-refractivity contribution in [2.45, 2.75) is 50.7 Å². The number of amides is 2. The second kappa shape index (κ2) is 10.2. The molecule has 1 saturated heterocycles. The molecule has 1 fully saturated rings. The van der Waals surface area contributed by atoms with Crippen LogP contribution >= 0.6 is 0 Å². The highest BCUT2D eigenvalue weighted by Crippen LogP contribution is 2.34. The Hall–Kier alpha value is -3.90. The Morgan fingerprint density at radius 3 is 2.32 bits per heavy atom. The summed E-state index contributed by atoms with van der Waals surface area (Å²) in [5, 5.41) is 11.4. The number of anilines is 1. The summed E-state index contributed by atoms with van der Waals surface area (Å²) in [5.41, 5.74) is 5.74. The van der Waals surface area contributed by atoms with Crippen LogP contribution in [0.3, 0.4) is 0 Å². The molecule has 0 radical (unpaired) electrons. The normalized spacial score (nSPS) is 21.1. The summed E-state index contributed by atoms with van der Waals surface area (Å²) in [5.74, 6) is 0.995. The van der Waals surface area contributed by atoms with E-state index in [1.54, 1.807) is 0 Å². The van der Waals surface area contributed by atoms with E-state index in [1.165, 1.54) is 11.1 Å². The SMILES string of the molecule is CC1C(NC(=O)Nc2c3c(nn2-c2ccccc2)CCC3)C(c2ccccc2)CN1Cc1ccccc1. The highest BCUT2D eigenvalue weighted by Gasteiger charge is 2.41. The number of aryl methyl sites for hydroxylation is 1. The van der Waals surface area contributed by atoms with Crippen LogP contribution in [0.2, 0.25) is 0 Å². The predicted octanol–water partition coefficient (Wildman–Crippen LogP) is 5.54. The molecule has 2 aliphatic rings. The highest BCUT2D eigenvalue weighted by atomic mass is 16.2. The van der Waals surface area contributed by atoms with E-state index in [2.05, 4.69) is 77.1 Å². The van der Waals surface area contributed by atoms with Crippen LogP contribution in [0.1, 0.15) is 41.6 Å². The van der Waals surface area contributed by atoms with Gasteiger partial charge in [0.2, 0.25) is 0 Å². The molecule has 1 aliphatic carbocycles. The fraction of sp³-hybridized carbons (Fsp3) is 0.290. The van der Waals surface area contributed by atoms with E-state index >= 15 is 0 Å². The maximum atomic E-state index is 13.6. The number of nitrogens with one attached hydrogen (secondary N) is 2. The first-order chi connectivity index (χ1) is 18.2. The molecule has 1 aromatic heterocycles. The third-order valence-corrected chi connectivity index (χ3v) is 7.85. The minimum Gasteiger partial charge on any atom is -0.333 e. The van der Waals surface area contributed by atoms with Crippen LogP contribution in [0.5, 0.6) is 0 Å². The van der Waals surface area contributed by atoms with Crippen LogP contribution in [-0.4, -0.2) is 39.3 Å². The number of para-hydroxylation sites is 1. The molecule has 2 N–H and O–H groups in total. The predicted molar refractivity (Wildman–Crippen MR) is 147 cm³/mol. The van der Waals surface area contributed by atoms with Crippen molar-refractivity contribution in [2.75, 3.05) is 11.9 Å². The molecule has 0 saturated carbocycles. The number of urea groups is 1. The van der Waals surface area contributed by atoms with Crippen molar-refractivity contribution in [3.8, 4) is 5.69 Å². The zero-order chi connectivity index (χ0) is 25.2. The molecule has 3 aromatic carbocycles. The van der Waals surface area contributed by atoms with Crippen LogP contribution in [0.15, 0.2) is 91.0 Å². The fourth-order valence-corrected chi connectivity index (χ4v) is 5.93. The zero-order valence-corrected chi connectivity index (χ0v) is 21.2. The summed E-state index contributed by atoms with van der Waals surface area (Å²) in [6.45, 7) is 3.98. The Morgan fingerprint density at radius 2 is 1.59 bits per heavy atom. The van der Waals surface area contributed by atoms with Crippen molar-refractivity contribution in [1.82, 2.24) is 20.0 Å². The molecule has 188 valence electrons. The van der Waals surface area contributed by atoms with Gasteiger partial charge in [-0.05, 0) is 49.4 Å². The van der Waals surface area contributed by atoms with Crippen molar-refractivity contribution in [3.63, 3.8) is 0 Å². The second-order valence-electron chi connectivity index (χ2n) is 10.2. The van der Waals surface area contributed by atoms with Crippen LogP contribution in [0, 0.1) is 0 Å². The number of carbonyl (C=O) groups excluding carboxylic acids is 1.